The van der Waals surface area contributed by atoms with E-state index in [-0.39, 0.29) is 47.9 Å². The van der Waals surface area contributed by atoms with Gasteiger partial charge in [0.25, 0.3) is 5.91 Å². The maximum Gasteiger partial charge on any atom is 0.307 e. The number of hydrogen-bond donors (Lipinski definition) is 2. The third kappa shape index (κ3) is 3.34. The second-order valence-electron chi connectivity index (χ2n) is 6.53. The Morgan fingerprint density at radius 1 is 1.38 bits per heavy atom. The summed E-state index contributed by atoms with van der Waals surface area (Å²) in [6.45, 7) is 1.74. The molecule has 2 unspecified atom stereocenters. The van der Waals surface area contributed by atoms with Crippen molar-refractivity contribution >= 4 is 27.6 Å². The summed E-state index contributed by atoms with van der Waals surface area (Å²) in [5, 5.41) is 11.9. The van der Waals surface area contributed by atoms with Crippen molar-refractivity contribution in [2.45, 2.75) is 18.2 Å². The molecular formula is C16H20N2O7S. The van der Waals surface area contributed by atoms with Crippen LogP contribution in [0.3, 0.4) is 0 Å². The van der Waals surface area contributed by atoms with Gasteiger partial charge >= 0.3 is 5.97 Å². The zero-order valence-electron chi connectivity index (χ0n) is 14.4. The van der Waals surface area contributed by atoms with Crippen LogP contribution in [-0.2, 0) is 19.6 Å². The van der Waals surface area contributed by atoms with Gasteiger partial charge in [-0.1, -0.05) is 6.92 Å². The molecule has 0 bridgehead atoms. The number of nitrogens with zero attached hydrogens (tertiary/aromatic N) is 1. The maximum absolute atomic E-state index is 13.1. The number of nitrogens with one attached hydrogen (secondary N) is 1. The molecule has 10 heteroatoms. The lowest BCUT2D eigenvalue weighted by Gasteiger charge is -2.34. The van der Waals surface area contributed by atoms with Crippen LogP contribution in [0.5, 0.6) is 11.5 Å². The minimum Gasteiger partial charge on any atom is -0.495 e. The number of carbonyl (C=O) groups is 2. The molecule has 9 nitrogen and oxygen atoms in total. The molecule has 0 aromatic heterocycles. The molecule has 2 N–H and O–H groups in total. The quantitative estimate of drug-likeness (QED) is 0.786. The zero-order chi connectivity index (χ0) is 19.1. The fourth-order valence-corrected chi connectivity index (χ4v) is 5.02. The van der Waals surface area contributed by atoms with Crippen molar-refractivity contribution in [1.29, 1.82) is 0 Å². The van der Waals surface area contributed by atoms with Gasteiger partial charge in [0.2, 0.25) is 10.0 Å². The molecule has 2 heterocycles. The van der Waals surface area contributed by atoms with Crippen LogP contribution in [0, 0.1) is 11.8 Å². The van der Waals surface area contributed by atoms with Crippen LogP contribution in [0.1, 0.15) is 13.3 Å². The Morgan fingerprint density at radius 3 is 2.77 bits per heavy atom. The molecule has 0 radical (unpaired) electrons. The summed E-state index contributed by atoms with van der Waals surface area (Å²) >= 11 is 0. The molecule has 2 aliphatic rings. The number of anilines is 1. The molecule has 1 aromatic carbocycles. The SMILES string of the molecule is COc1cc2c(cc1S(=O)(=O)N1CC(C)CC(C(=O)O)C1)OCC(=O)N2. The molecule has 142 valence electrons. The number of aliphatic carboxylic acids is 1. The number of methoxy groups -OCH3 is 1. The highest BCUT2D eigenvalue weighted by Gasteiger charge is 2.38. The molecule has 26 heavy (non-hydrogen) atoms. The molecule has 1 amide bonds. The maximum atomic E-state index is 13.1. The molecule has 1 fully saturated rings. The normalized spacial score (nSPS) is 23.5. The monoisotopic (exact) mass is 384 g/mol. The van der Waals surface area contributed by atoms with Gasteiger partial charge in [-0.25, -0.2) is 8.42 Å². The van der Waals surface area contributed by atoms with Crippen LogP contribution < -0.4 is 14.8 Å². The van der Waals surface area contributed by atoms with Crippen molar-refractivity contribution in [2.75, 3.05) is 32.1 Å². The smallest absolute Gasteiger partial charge is 0.307 e. The summed E-state index contributed by atoms with van der Waals surface area (Å²) in [4.78, 5) is 22.7. The molecule has 2 aliphatic heterocycles. The van der Waals surface area contributed by atoms with Crippen molar-refractivity contribution in [3.05, 3.63) is 12.1 Å². The van der Waals surface area contributed by atoms with Crippen molar-refractivity contribution in [3.63, 3.8) is 0 Å². The first kappa shape index (κ1) is 18.5. The van der Waals surface area contributed by atoms with E-state index < -0.39 is 21.9 Å². The number of rotatable bonds is 4. The number of piperidine rings is 1. The van der Waals surface area contributed by atoms with Gasteiger partial charge in [-0.05, 0) is 12.3 Å². The summed E-state index contributed by atoms with van der Waals surface area (Å²) in [6.07, 6.45) is 0.428. The Bertz CT molecular complexity index is 852. The van der Waals surface area contributed by atoms with Gasteiger partial charge in [-0.15, -0.1) is 0 Å². The van der Waals surface area contributed by atoms with Crippen LogP contribution in [0.4, 0.5) is 5.69 Å². The largest absolute Gasteiger partial charge is 0.495 e. The standard InChI is InChI=1S/C16H20N2O7S/c1-9-3-10(16(20)21)7-18(6-9)26(22,23)14-5-12-11(4-13(14)24-2)17-15(19)8-25-12/h4-5,9-10H,3,6-8H2,1-2H3,(H,17,19)(H,20,21). The lowest BCUT2D eigenvalue weighted by molar-refractivity contribution is -0.143. The van der Waals surface area contributed by atoms with Gasteiger partial charge in [0.15, 0.2) is 6.61 Å². The average Bonchev–Trinajstić information content (AvgIpc) is 2.59. The average molecular weight is 384 g/mol. The van der Waals surface area contributed by atoms with Crippen LogP contribution in [0.15, 0.2) is 17.0 Å². The van der Waals surface area contributed by atoms with Gasteiger partial charge in [0.1, 0.15) is 16.4 Å². The fourth-order valence-electron chi connectivity index (χ4n) is 3.27. The lowest BCUT2D eigenvalue weighted by Crippen LogP contribution is -2.45. The highest BCUT2D eigenvalue weighted by atomic mass is 32.2. The molecule has 1 saturated heterocycles. The number of fused-ring (bicyclic) bond motifs is 1. The van der Waals surface area contributed by atoms with E-state index in [2.05, 4.69) is 5.32 Å². The van der Waals surface area contributed by atoms with Crippen LogP contribution in [-0.4, -0.2) is 56.5 Å². The number of sulfonamides is 1. The van der Waals surface area contributed by atoms with Gasteiger partial charge < -0.3 is 19.9 Å². The Kier molecular flexibility index (Phi) is 4.80. The number of carbonyl (C=O) groups excluding carboxylic acids is 1. The third-order valence-corrected chi connectivity index (χ3v) is 6.34. The first-order valence-corrected chi connectivity index (χ1v) is 9.54. The van der Waals surface area contributed by atoms with E-state index in [0.717, 1.165) is 0 Å². The summed E-state index contributed by atoms with van der Waals surface area (Å²) in [5.74, 6) is -1.92. The van der Waals surface area contributed by atoms with Crippen molar-refractivity contribution in [1.82, 2.24) is 4.31 Å². The van der Waals surface area contributed by atoms with E-state index in [1.807, 2.05) is 6.92 Å². The van der Waals surface area contributed by atoms with Gasteiger partial charge in [0, 0.05) is 25.2 Å². The zero-order valence-corrected chi connectivity index (χ0v) is 15.2. The predicted octanol–water partition coefficient (Wildman–Crippen LogP) is 0.757. The second kappa shape index (κ2) is 6.76. The lowest BCUT2D eigenvalue weighted by atomic mass is 9.92. The molecule has 2 atom stereocenters. The molecule has 1 aromatic rings. The van der Waals surface area contributed by atoms with Gasteiger partial charge in [0.05, 0.1) is 18.7 Å². The van der Waals surface area contributed by atoms with E-state index in [9.17, 15) is 23.1 Å². The number of carboxylic acid groups (broad SMARTS) is 1. The Hall–Kier alpha value is -2.33. The topological polar surface area (TPSA) is 122 Å². The van der Waals surface area contributed by atoms with Crippen molar-refractivity contribution in [2.24, 2.45) is 11.8 Å². The molecule has 0 spiro atoms. The van der Waals surface area contributed by atoms with Crippen molar-refractivity contribution < 1.29 is 32.6 Å². The van der Waals surface area contributed by atoms with Crippen molar-refractivity contribution in [3.8, 4) is 11.5 Å². The minimum absolute atomic E-state index is 0.0552. The number of hydrogen-bond acceptors (Lipinski definition) is 6. The first-order chi connectivity index (χ1) is 12.2. The van der Waals surface area contributed by atoms with Crippen LogP contribution in [0.25, 0.3) is 0 Å². The Labute approximate surface area is 150 Å². The van der Waals surface area contributed by atoms with E-state index in [1.54, 1.807) is 0 Å². The molecular weight excluding hydrogens is 364 g/mol. The fraction of sp³-hybridized carbons (Fsp3) is 0.500. The van der Waals surface area contributed by atoms with Gasteiger partial charge in [-0.2, -0.15) is 4.31 Å². The molecule has 3 rings (SSSR count). The highest BCUT2D eigenvalue weighted by Crippen LogP contribution is 2.39. The Morgan fingerprint density at radius 2 is 2.12 bits per heavy atom. The summed E-state index contributed by atoms with van der Waals surface area (Å²) in [5.41, 5.74) is 0.326. The Balaban J connectivity index is 2.01. The van der Waals surface area contributed by atoms with E-state index in [4.69, 9.17) is 9.47 Å². The van der Waals surface area contributed by atoms with Crippen LogP contribution in [0.2, 0.25) is 0 Å². The molecule has 0 saturated carbocycles. The van der Waals surface area contributed by atoms with E-state index >= 15 is 0 Å². The molecule has 0 aliphatic carbocycles. The van der Waals surface area contributed by atoms with E-state index in [1.165, 1.54) is 23.5 Å². The number of benzene rings is 1. The second-order valence-corrected chi connectivity index (χ2v) is 8.44. The number of ether oxygens (including phenoxy) is 2. The number of carboxylic acids is 1. The number of amides is 1. The third-order valence-electron chi connectivity index (χ3n) is 4.49. The van der Waals surface area contributed by atoms with Crippen LogP contribution >= 0.6 is 0 Å². The van der Waals surface area contributed by atoms with E-state index in [0.29, 0.717) is 12.1 Å². The van der Waals surface area contributed by atoms with Gasteiger partial charge in [-0.3, -0.25) is 9.59 Å². The minimum atomic E-state index is -4.00. The predicted molar refractivity (Wildman–Crippen MR) is 90.8 cm³/mol. The summed E-state index contributed by atoms with van der Waals surface area (Å²) in [6, 6.07) is 2.69. The first-order valence-electron chi connectivity index (χ1n) is 8.10. The highest BCUT2D eigenvalue weighted by molar-refractivity contribution is 7.89. The summed E-state index contributed by atoms with van der Waals surface area (Å²) in [7, 11) is -2.67. The summed E-state index contributed by atoms with van der Waals surface area (Å²) < 4.78 is 37.9.